The predicted octanol–water partition coefficient (Wildman–Crippen LogP) is 0.902. The van der Waals surface area contributed by atoms with Crippen LogP contribution in [0.15, 0.2) is 49.1 Å². The molecule has 0 unspecified atom stereocenters. The second-order valence-electron chi connectivity index (χ2n) is 5.30. The molecule has 0 spiro atoms. The normalized spacial score (nSPS) is 10.5. The Balaban J connectivity index is 1.46. The van der Waals surface area contributed by atoms with Crippen LogP contribution in [0.5, 0.6) is 0 Å². The van der Waals surface area contributed by atoms with Crippen molar-refractivity contribution in [3.05, 3.63) is 60.2 Å². The second kappa shape index (κ2) is 7.40. The summed E-state index contributed by atoms with van der Waals surface area (Å²) in [6.45, 7) is 1.69. The Morgan fingerprint density at radius 1 is 1.17 bits per heavy atom. The number of hydrogen-bond donors (Lipinski definition) is 2. The number of anilines is 1. The number of aromatic nitrogens is 5. The topological polar surface area (TPSA) is 89.7 Å². The second-order valence-corrected chi connectivity index (χ2v) is 5.30. The molecule has 0 aliphatic rings. The highest BCUT2D eigenvalue weighted by Crippen LogP contribution is 2.04. The van der Waals surface area contributed by atoms with Crippen molar-refractivity contribution >= 4 is 11.9 Å². The summed E-state index contributed by atoms with van der Waals surface area (Å²) >= 11 is 0. The zero-order chi connectivity index (χ0) is 16.8. The molecular formula is C16H19N7O. The lowest BCUT2D eigenvalue weighted by Gasteiger charge is -2.06. The van der Waals surface area contributed by atoms with Crippen LogP contribution in [0.25, 0.3) is 0 Å². The van der Waals surface area contributed by atoms with Crippen molar-refractivity contribution in [2.45, 2.75) is 6.54 Å². The number of aryl methyl sites for hydroxylation is 1. The van der Waals surface area contributed by atoms with Crippen molar-refractivity contribution in [3.8, 4) is 0 Å². The highest BCUT2D eigenvalue weighted by atomic mass is 16.1. The summed E-state index contributed by atoms with van der Waals surface area (Å²) < 4.78 is 3.39. The third-order valence-electron chi connectivity index (χ3n) is 3.49. The number of rotatable bonds is 7. The molecule has 0 aliphatic carbocycles. The first-order valence-corrected chi connectivity index (χ1v) is 7.65. The number of amides is 1. The smallest absolute Gasteiger partial charge is 0.254 e. The Labute approximate surface area is 139 Å². The van der Waals surface area contributed by atoms with Crippen LogP contribution in [0.4, 0.5) is 5.95 Å². The van der Waals surface area contributed by atoms with E-state index >= 15 is 0 Å². The van der Waals surface area contributed by atoms with Gasteiger partial charge in [-0.1, -0.05) is 30.3 Å². The van der Waals surface area contributed by atoms with Crippen LogP contribution in [-0.2, 0) is 13.6 Å². The van der Waals surface area contributed by atoms with Gasteiger partial charge in [-0.3, -0.25) is 9.48 Å². The van der Waals surface area contributed by atoms with E-state index in [1.807, 2.05) is 30.3 Å². The third-order valence-corrected chi connectivity index (χ3v) is 3.49. The van der Waals surface area contributed by atoms with E-state index in [-0.39, 0.29) is 5.91 Å². The molecule has 0 fully saturated rings. The van der Waals surface area contributed by atoms with E-state index in [1.165, 1.54) is 6.33 Å². The third kappa shape index (κ3) is 3.97. The molecule has 3 rings (SSSR count). The standard InChI is InChI=1S/C16H19N7O/c1-22-16(19-12-21-22)18-8-7-17-15(24)14-9-20-23(11-14)10-13-5-3-2-4-6-13/h2-6,9,11-12H,7-8,10H2,1H3,(H,17,24)(H,18,19,21). The number of nitrogens with one attached hydrogen (secondary N) is 2. The van der Waals surface area contributed by atoms with E-state index in [1.54, 1.807) is 28.8 Å². The average Bonchev–Trinajstić information content (AvgIpc) is 3.22. The lowest BCUT2D eigenvalue weighted by atomic mass is 10.2. The van der Waals surface area contributed by atoms with Gasteiger partial charge >= 0.3 is 0 Å². The zero-order valence-electron chi connectivity index (χ0n) is 13.4. The van der Waals surface area contributed by atoms with Gasteiger partial charge in [0.15, 0.2) is 0 Å². The van der Waals surface area contributed by atoms with E-state index < -0.39 is 0 Å². The van der Waals surface area contributed by atoms with Crippen LogP contribution in [0.2, 0.25) is 0 Å². The first-order chi connectivity index (χ1) is 11.7. The molecule has 0 atom stereocenters. The molecule has 2 heterocycles. The number of carbonyl (C=O) groups is 1. The van der Waals surface area contributed by atoms with Gasteiger partial charge in [-0.2, -0.15) is 15.2 Å². The monoisotopic (exact) mass is 325 g/mol. The first-order valence-electron chi connectivity index (χ1n) is 7.65. The van der Waals surface area contributed by atoms with Gasteiger partial charge in [0.2, 0.25) is 5.95 Å². The van der Waals surface area contributed by atoms with Crippen LogP contribution in [0, 0.1) is 0 Å². The maximum Gasteiger partial charge on any atom is 0.254 e. The molecule has 0 saturated carbocycles. The Bertz CT molecular complexity index is 794. The molecule has 3 aromatic rings. The Hall–Kier alpha value is -3.16. The SMILES string of the molecule is Cn1ncnc1NCCNC(=O)c1cnn(Cc2ccccc2)c1. The van der Waals surface area contributed by atoms with Crippen molar-refractivity contribution in [1.29, 1.82) is 0 Å². The van der Waals surface area contributed by atoms with Crippen molar-refractivity contribution in [3.63, 3.8) is 0 Å². The van der Waals surface area contributed by atoms with Gasteiger partial charge in [0, 0.05) is 26.3 Å². The Morgan fingerprint density at radius 2 is 2.00 bits per heavy atom. The zero-order valence-corrected chi connectivity index (χ0v) is 13.4. The van der Waals surface area contributed by atoms with Gasteiger partial charge in [-0.25, -0.2) is 4.68 Å². The van der Waals surface area contributed by atoms with E-state index in [0.717, 1.165) is 5.56 Å². The van der Waals surface area contributed by atoms with Gasteiger partial charge in [0.1, 0.15) is 6.33 Å². The van der Waals surface area contributed by atoms with Crippen LogP contribution < -0.4 is 10.6 Å². The summed E-state index contributed by atoms with van der Waals surface area (Å²) in [5.74, 6) is 0.522. The summed E-state index contributed by atoms with van der Waals surface area (Å²) in [6.07, 6.45) is 4.80. The molecular weight excluding hydrogens is 306 g/mol. The minimum absolute atomic E-state index is 0.144. The van der Waals surface area contributed by atoms with Gasteiger partial charge < -0.3 is 10.6 Å². The summed E-state index contributed by atoms with van der Waals surface area (Å²) in [7, 11) is 1.80. The molecule has 0 saturated heterocycles. The maximum atomic E-state index is 12.1. The van der Waals surface area contributed by atoms with Gasteiger partial charge in [-0.15, -0.1) is 0 Å². The van der Waals surface area contributed by atoms with Crippen molar-refractivity contribution in [2.24, 2.45) is 7.05 Å². The summed E-state index contributed by atoms with van der Waals surface area (Å²) in [5, 5.41) is 14.1. The van der Waals surface area contributed by atoms with Crippen molar-refractivity contribution in [2.75, 3.05) is 18.4 Å². The molecule has 8 nitrogen and oxygen atoms in total. The number of benzene rings is 1. The van der Waals surface area contributed by atoms with Crippen molar-refractivity contribution in [1.82, 2.24) is 29.9 Å². The number of nitrogens with zero attached hydrogens (tertiary/aromatic N) is 5. The fourth-order valence-electron chi connectivity index (χ4n) is 2.25. The van der Waals surface area contributed by atoms with Gasteiger partial charge in [0.05, 0.1) is 18.3 Å². The Morgan fingerprint density at radius 3 is 2.75 bits per heavy atom. The highest BCUT2D eigenvalue weighted by Gasteiger charge is 2.08. The summed E-state index contributed by atoms with van der Waals surface area (Å²) in [4.78, 5) is 16.2. The van der Waals surface area contributed by atoms with E-state index in [9.17, 15) is 4.79 Å². The van der Waals surface area contributed by atoms with E-state index in [4.69, 9.17) is 0 Å². The van der Waals surface area contributed by atoms with Gasteiger partial charge in [-0.05, 0) is 5.56 Å². The fourth-order valence-corrected chi connectivity index (χ4v) is 2.25. The van der Waals surface area contributed by atoms with Crippen molar-refractivity contribution < 1.29 is 4.79 Å². The summed E-state index contributed by atoms with van der Waals surface area (Å²) in [5.41, 5.74) is 1.69. The number of hydrogen-bond acceptors (Lipinski definition) is 5. The molecule has 1 amide bonds. The van der Waals surface area contributed by atoms with Crippen LogP contribution in [-0.4, -0.2) is 43.5 Å². The fraction of sp³-hybridized carbons (Fsp3) is 0.250. The average molecular weight is 325 g/mol. The molecule has 0 aliphatic heterocycles. The molecule has 1 aromatic carbocycles. The van der Waals surface area contributed by atoms with Crippen LogP contribution in [0.1, 0.15) is 15.9 Å². The molecule has 124 valence electrons. The van der Waals surface area contributed by atoms with Crippen LogP contribution >= 0.6 is 0 Å². The maximum absolute atomic E-state index is 12.1. The van der Waals surface area contributed by atoms with E-state index in [2.05, 4.69) is 25.8 Å². The highest BCUT2D eigenvalue weighted by molar-refractivity contribution is 5.93. The first kappa shape index (κ1) is 15.7. The molecule has 8 heteroatoms. The molecule has 2 N–H and O–H groups in total. The summed E-state index contributed by atoms with van der Waals surface area (Å²) in [6, 6.07) is 9.99. The predicted molar refractivity (Wildman–Crippen MR) is 89.6 cm³/mol. The lowest BCUT2D eigenvalue weighted by molar-refractivity contribution is 0.0955. The minimum Gasteiger partial charge on any atom is -0.353 e. The molecule has 0 radical (unpaired) electrons. The van der Waals surface area contributed by atoms with Crippen LogP contribution in [0.3, 0.4) is 0 Å². The van der Waals surface area contributed by atoms with E-state index in [0.29, 0.717) is 31.1 Å². The lowest BCUT2D eigenvalue weighted by Crippen LogP contribution is -2.29. The number of carbonyl (C=O) groups excluding carboxylic acids is 1. The Kier molecular flexibility index (Phi) is 4.85. The quantitative estimate of drug-likeness (QED) is 0.630. The molecule has 0 bridgehead atoms. The molecule has 24 heavy (non-hydrogen) atoms. The largest absolute Gasteiger partial charge is 0.353 e. The van der Waals surface area contributed by atoms with Gasteiger partial charge in [0.25, 0.3) is 5.91 Å². The molecule has 2 aromatic heterocycles. The minimum atomic E-state index is -0.144.